The molecule has 1 amide bonds. The Morgan fingerprint density at radius 1 is 1.48 bits per heavy atom. The molecule has 1 fully saturated rings. The smallest absolute Gasteiger partial charge is 0.226 e. The molecular weight excluding hydrogens is 286 g/mol. The van der Waals surface area contributed by atoms with Crippen molar-refractivity contribution in [1.82, 2.24) is 15.3 Å². The van der Waals surface area contributed by atoms with Crippen LogP contribution in [-0.4, -0.2) is 34.1 Å². The van der Waals surface area contributed by atoms with Crippen LogP contribution in [-0.2, 0) is 11.2 Å². The van der Waals surface area contributed by atoms with Crippen LogP contribution in [0.2, 0.25) is 0 Å². The monoisotopic (exact) mass is 303 g/mol. The summed E-state index contributed by atoms with van der Waals surface area (Å²) in [6.45, 7) is 0.705. The van der Waals surface area contributed by atoms with Crippen molar-refractivity contribution in [3.63, 3.8) is 0 Å². The molecule has 1 aliphatic rings. The molecule has 0 radical (unpaired) electrons. The molecule has 0 bridgehead atoms. The van der Waals surface area contributed by atoms with E-state index in [1.54, 1.807) is 12.4 Å². The molecule has 0 aliphatic heterocycles. The zero-order valence-corrected chi connectivity index (χ0v) is 12.4. The molecule has 5 nitrogen and oxygen atoms in total. The molecule has 2 N–H and O–H groups in total. The number of nitrogens with one attached hydrogen (secondary N) is 1. The van der Waals surface area contributed by atoms with Gasteiger partial charge in [0.2, 0.25) is 5.91 Å². The number of aromatic nitrogens is 2. The summed E-state index contributed by atoms with van der Waals surface area (Å²) in [7, 11) is 0. The molecule has 2 aromatic heterocycles. The predicted octanol–water partition coefficient (Wildman–Crippen LogP) is 1.64. The summed E-state index contributed by atoms with van der Waals surface area (Å²) >= 11 is 1.51. The Morgan fingerprint density at radius 2 is 2.33 bits per heavy atom. The Kier molecular flexibility index (Phi) is 3.98. The van der Waals surface area contributed by atoms with Crippen LogP contribution < -0.4 is 5.32 Å². The maximum Gasteiger partial charge on any atom is 0.226 e. The minimum Gasteiger partial charge on any atom is -0.396 e. The maximum absolute atomic E-state index is 11.9. The van der Waals surface area contributed by atoms with E-state index in [2.05, 4.69) is 15.3 Å². The van der Waals surface area contributed by atoms with E-state index >= 15 is 0 Å². The summed E-state index contributed by atoms with van der Waals surface area (Å²) in [5.41, 5.74) is 1.68. The molecule has 1 aliphatic carbocycles. The average Bonchev–Trinajstić information content (AvgIpc) is 3.17. The highest BCUT2D eigenvalue weighted by molar-refractivity contribution is 7.13. The second-order valence-corrected chi connectivity index (χ2v) is 6.36. The van der Waals surface area contributed by atoms with Gasteiger partial charge in [-0.15, -0.1) is 11.3 Å². The molecule has 6 heteroatoms. The van der Waals surface area contributed by atoms with Crippen molar-refractivity contribution in [2.45, 2.75) is 19.3 Å². The zero-order chi connectivity index (χ0) is 14.7. The normalized spacial score (nSPS) is 15.7. The first-order chi connectivity index (χ1) is 10.2. The van der Waals surface area contributed by atoms with Crippen LogP contribution in [0, 0.1) is 5.41 Å². The Labute approximate surface area is 127 Å². The van der Waals surface area contributed by atoms with E-state index in [0.717, 1.165) is 29.1 Å². The van der Waals surface area contributed by atoms with Gasteiger partial charge >= 0.3 is 0 Å². The molecule has 3 rings (SSSR count). The second kappa shape index (κ2) is 5.91. The first-order valence-electron chi connectivity index (χ1n) is 6.93. The number of carbonyl (C=O) groups excluding carboxylic acids is 1. The number of carbonyl (C=O) groups is 1. The molecule has 2 heterocycles. The highest BCUT2D eigenvalue weighted by Crippen LogP contribution is 2.44. The van der Waals surface area contributed by atoms with Gasteiger partial charge in [0.25, 0.3) is 0 Å². The van der Waals surface area contributed by atoms with Gasteiger partial charge in [0.05, 0.1) is 18.7 Å². The summed E-state index contributed by atoms with van der Waals surface area (Å²) in [6, 6.07) is 3.82. The highest BCUT2D eigenvalue weighted by Gasteiger charge is 2.42. The highest BCUT2D eigenvalue weighted by atomic mass is 32.1. The second-order valence-electron chi connectivity index (χ2n) is 5.50. The van der Waals surface area contributed by atoms with Crippen LogP contribution in [0.3, 0.4) is 0 Å². The third-order valence-electron chi connectivity index (χ3n) is 3.75. The van der Waals surface area contributed by atoms with Gasteiger partial charge in [0, 0.05) is 35.3 Å². The predicted molar refractivity (Wildman–Crippen MR) is 80.8 cm³/mol. The van der Waals surface area contributed by atoms with Gasteiger partial charge < -0.3 is 10.4 Å². The fourth-order valence-electron chi connectivity index (χ4n) is 2.09. The van der Waals surface area contributed by atoms with Crippen molar-refractivity contribution in [2.75, 3.05) is 13.2 Å². The zero-order valence-electron chi connectivity index (χ0n) is 11.6. The third-order valence-corrected chi connectivity index (χ3v) is 4.70. The lowest BCUT2D eigenvalue weighted by Gasteiger charge is -2.12. The van der Waals surface area contributed by atoms with Crippen LogP contribution in [0.5, 0.6) is 0 Å². The number of pyridine rings is 1. The van der Waals surface area contributed by atoms with Gasteiger partial charge in [-0.1, -0.05) is 0 Å². The van der Waals surface area contributed by atoms with Gasteiger partial charge in [-0.05, 0) is 25.0 Å². The lowest BCUT2D eigenvalue weighted by molar-refractivity contribution is -0.120. The molecule has 0 spiro atoms. The van der Waals surface area contributed by atoms with Gasteiger partial charge in [-0.2, -0.15) is 0 Å². The van der Waals surface area contributed by atoms with E-state index in [9.17, 15) is 9.90 Å². The van der Waals surface area contributed by atoms with Crippen molar-refractivity contribution in [3.8, 4) is 10.6 Å². The lowest BCUT2D eigenvalue weighted by Crippen LogP contribution is -2.32. The third kappa shape index (κ3) is 3.46. The minimum absolute atomic E-state index is 0.0437. The van der Waals surface area contributed by atoms with Crippen LogP contribution in [0.1, 0.15) is 18.5 Å². The van der Waals surface area contributed by atoms with Crippen molar-refractivity contribution in [3.05, 3.63) is 35.6 Å². The van der Waals surface area contributed by atoms with E-state index in [4.69, 9.17) is 0 Å². The van der Waals surface area contributed by atoms with Crippen LogP contribution in [0.4, 0.5) is 0 Å². The number of rotatable bonds is 6. The fraction of sp³-hybridized carbons (Fsp3) is 0.400. The molecule has 1 saturated carbocycles. The average molecular weight is 303 g/mol. The van der Waals surface area contributed by atoms with E-state index in [1.165, 1.54) is 11.3 Å². The molecule has 0 saturated heterocycles. The number of hydrogen-bond acceptors (Lipinski definition) is 5. The largest absolute Gasteiger partial charge is 0.396 e. The van der Waals surface area contributed by atoms with Crippen molar-refractivity contribution in [1.29, 1.82) is 0 Å². The van der Waals surface area contributed by atoms with Crippen LogP contribution >= 0.6 is 11.3 Å². The van der Waals surface area contributed by atoms with Crippen LogP contribution in [0.15, 0.2) is 29.9 Å². The van der Waals surface area contributed by atoms with Gasteiger partial charge in [-0.25, -0.2) is 4.98 Å². The summed E-state index contributed by atoms with van der Waals surface area (Å²) in [5, 5.41) is 14.9. The molecule has 0 atom stereocenters. The first-order valence-corrected chi connectivity index (χ1v) is 7.81. The lowest BCUT2D eigenvalue weighted by atomic mass is 10.1. The van der Waals surface area contributed by atoms with E-state index in [-0.39, 0.29) is 24.3 Å². The van der Waals surface area contributed by atoms with Gasteiger partial charge in [0.15, 0.2) is 0 Å². The molecule has 0 aromatic carbocycles. The minimum atomic E-state index is -0.0569. The summed E-state index contributed by atoms with van der Waals surface area (Å²) in [6.07, 6.45) is 5.75. The first kappa shape index (κ1) is 14.2. The summed E-state index contributed by atoms with van der Waals surface area (Å²) in [4.78, 5) is 20.4. The van der Waals surface area contributed by atoms with Gasteiger partial charge in [-0.3, -0.25) is 9.78 Å². The van der Waals surface area contributed by atoms with Crippen molar-refractivity contribution in [2.24, 2.45) is 5.41 Å². The quantitative estimate of drug-likeness (QED) is 0.850. The van der Waals surface area contributed by atoms with E-state index in [1.807, 2.05) is 17.5 Å². The number of hydrogen-bond donors (Lipinski definition) is 2. The Hall–Kier alpha value is -1.79. The molecule has 21 heavy (non-hydrogen) atoms. The van der Waals surface area contributed by atoms with E-state index in [0.29, 0.717) is 6.54 Å². The molecule has 0 unspecified atom stereocenters. The number of aliphatic hydroxyl groups excluding tert-OH is 1. The standard InChI is InChI=1S/C15H17N3O2S/c19-10-15(3-4-15)9-17-13(20)6-12-8-21-14(18-12)11-2-1-5-16-7-11/h1-2,5,7-8,19H,3-4,6,9-10H2,(H,17,20). The maximum atomic E-state index is 11.9. The van der Waals surface area contributed by atoms with Crippen LogP contribution in [0.25, 0.3) is 10.6 Å². The van der Waals surface area contributed by atoms with Gasteiger partial charge in [0.1, 0.15) is 5.01 Å². The molecular formula is C15H17N3O2S. The topological polar surface area (TPSA) is 75.1 Å². The number of amides is 1. The summed E-state index contributed by atoms with van der Waals surface area (Å²) in [5.74, 6) is -0.0437. The molecule has 2 aromatic rings. The number of aliphatic hydroxyl groups is 1. The number of nitrogens with zero attached hydrogens (tertiary/aromatic N) is 2. The van der Waals surface area contributed by atoms with E-state index < -0.39 is 0 Å². The fourth-order valence-corrected chi connectivity index (χ4v) is 2.90. The Morgan fingerprint density at radius 3 is 3.00 bits per heavy atom. The SMILES string of the molecule is O=C(Cc1csc(-c2cccnc2)n1)NCC1(CO)CC1. The number of thiazole rings is 1. The van der Waals surface area contributed by atoms with Crippen molar-refractivity contribution >= 4 is 17.2 Å². The Balaban J connectivity index is 1.56. The Bertz CT molecular complexity index is 623. The molecule has 110 valence electrons. The van der Waals surface area contributed by atoms with Crippen molar-refractivity contribution < 1.29 is 9.90 Å². The summed E-state index contributed by atoms with van der Waals surface area (Å²) < 4.78 is 0.